The Morgan fingerprint density at radius 3 is 2.82 bits per heavy atom. The van der Waals surface area contributed by atoms with Gasteiger partial charge in [0.05, 0.1) is 5.33 Å². The van der Waals surface area contributed by atoms with E-state index in [1.54, 1.807) is 12.1 Å². The fraction of sp³-hybridized carbons (Fsp3) is 0.385. The van der Waals surface area contributed by atoms with Crippen LogP contribution in [0.1, 0.15) is 28.8 Å². The number of rotatable bonds is 2. The van der Waals surface area contributed by atoms with Crippen molar-refractivity contribution in [2.45, 2.75) is 24.9 Å². The van der Waals surface area contributed by atoms with E-state index >= 15 is 0 Å². The second-order valence-corrected chi connectivity index (χ2v) is 5.14. The third-order valence-corrected chi connectivity index (χ3v) is 3.89. The summed E-state index contributed by atoms with van der Waals surface area (Å²) < 4.78 is 5.76. The Kier molecular flexibility index (Phi) is 2.36. The van der Waals surface area contributed by atoms with E-state index in [2.05, 4.69) is 15.9 Å². The average Bonchev–Trinajstić information content (AvgIpc) is 3.10. The highest BCUT2D eigenvalue weighted by Gasteiger charge is 2.54. The fourth-order valence-electron chi connectivity index (χ4n) is 2.14. The Morgan fingerprint density at radius 1 is 1.41 bits per heavy atom. The predicted molar refractivity (Wildman–Crippen MR) is 65.9 cm³/mol. The summed E-state index contributed by atoms with van der Waals surface area (Å²) in [4.78, 5) is 23.4. The zero-order valence-electron chi connectivity index (χ0n) is 9.16. The Labute approximate surface area is 107 Å². The molecule has 4 heteroatoms. The van der Waals surface area contributed by atoms with Crippen molar-refractivity contribution in [2.75, 3.05) is 5.33 Å². The van der Waals surface area contributed by atoms with Gasteiger partial charge in [-0.15, -0.1) is 0 Å². The summed E-state index contributed by atoms with van der Waals surface area (Å²) in [6.45, 7) is 0. The normalized spacial score (nSPS) is 19.7. The zero-order chi connectivity index (χ0) is 12.0. The minimum Gasteiger partial charge on any atom is -0.479 e. The average molecular weight is 295 g/mol. The van der Waals surface area contributed by atoms with E-state index in [4.69, 9.17) is 4.74 Å². The van der Waals surface area contributed by atoms with Gasteiger partial charge in [-0.2, -0.15) is 0 Å². The first-order valence-electron chi connectivity index (χ1n) is 5.59. The van der Waals surface area contributed by atoms with Crippen molar-refractivity contribution in [2.24, 2.45) is 0 Å². The lowest BCUT2D eigenvalue weighted by Gasteiger charge is -2.25. The van der Waals surface area contributed by atoms with Gasteiger partial charge in [-0.05, 0) is 18.9 Å². The molecule has 1 aromatic rings. The second kappa shape index (κ2) is 3.67. The van der Waals surface area contributed by atoms with Crippen LogP contribution in [0.3, 0.4) is 0 Å². The number of alkyl halides is 1. The van der Waals surface area contributed by atoms with Gasteiger partial charge in [0.25, 0.3) is 0 Å². The third kappa shape index (κ3) is 1.71. The topological polar surface area (TPSA) is 43.4 Å². The SMILES string of the molecule is O=C(CBr)c1ccc2c(c1)OC1(CC1)C(=O)C2. The molecule has 3 rings (SSSR count). The van der Waals surface area contributed by atoms with Crippen LogP contribution < -0.4 is 4.74 Å². The lowest BCUT2D eigenvalue weighted by molar-refractivity contribution is -0.128. The maximum Gasteiger partial charge on any atom is 0.180 e. The first-order chi connectivity index (χ1) is 8.14. The van der Waals surface area contributed by atoms with Crippen LogP contribution in [0.15, 0.2) is 18.2 Å². The number of halogens is 1. The quantitative estimate of drug-likeness (QED) is 0.621. The van der Waals surface area contributed by atoms with E-state index in [0.29, 0.717) is 23.1 Å². The number of Topliss-reactive ketones (excluding diaryl/α,β-unsaturated/α-hetero) is 2. The van der Waals surface area contributed by atoms with Gasteiger partial charge < -0.3 is 4.74 Å². The van der Waals surface area contributed by atoms with Crippen LogP contribution in [0.5, 0.6) is 5.75 Å². The Balaban J connectivity index is 1.98. The van der Waals surface area contributed by atoms with Crippen LogP contribution in [0, 0.1) is 0 Å². The molecule has 0 amide bonds. The predicted octanol–water partition coefficient (Wildman–Crippen LogP) is 2.30. The molecule has 0 N–H and O–H groups in total. The Hall–Kier alpha value is -1.16. The molecule has 17 heavy (non-hydrogen) atoms. The standard InChI is InChI=1S/C13H11BrO3/c14-7-10(15)8-1-2-9-6-12(16)13(3-4-13)17-11(9)5-8/h1-2,5H,3-4,6-7H2. The second-order valence-electron chi connectivity index (χ2n) is 4.58. The molecule has 1 aliphatic heterocycles. The molecule has 1 spiro atoms. The Morgan fingerprint density at radius 2 is 2.18 bits per heavy atom. The van der Waals surface area contributed by atoms with E-state index in [9.17, 15) is 9.59 Å². The van der Waals surface area contributed by atoms with Gasteiger partial charge >= 0.3 is 0 Å². The molecule has 0 atom stereocenters. The van der Waals surface area contributed by atoms with E-state index < -0.39 is 5.60 Å². The smallest absolute Gasteiger partial charge is 0.180 e. The third-order valence-electron chi connectivity index (χ3n) is 3.38. The lowest BCUT2D eigenvalue weighted by Crippen LogP contribution is -2.35. The molecule has 3 nitrogen and oxygen atoms in total. The monoisotopic (exact) mass is 294 g/mol. The van der Waals surface area contributed by atoms with Crippen molar-refractivity contribution < 1.29 is 14.3 Å². The van der Waals surface area contributed by atoms with Crippen molar-refractivity contribution in [1.82, 2.24) is 0 Å². The van der Waals surface area contributed by atoms with Crippen molar-refractivity contribution in [3.63, 3.8) is 0 Å². The number of ether oxygens (including phenoxy) is 1. The van der Waals surface area contributed by atoms with E-state index in [1.165, 1.54) is 0 Å². The van der Waals surface area contributed by atoms with Gasteiger partial charge in [0.15, 0.2) is 17.2 Å². The summed E-state index contributed by atoms with van der Waals surface area (Å²) in [6, 6.07) is 5.33. The van der Waals surface area contributed by atoms with Crippen molar-refractivity contribution in [3.05, 3.63) is 29.3 Å². The van der Waals surface area contributed by atoms with Crippen LogP contribution in [0.4, 0.5) is 0 Å². The first-order valence-corrected chi connectivity index (χ1v) is 6.71. The highest BCUT2D eigenvalue weighted by Crippen LogP contribution is 2.46. The zero-order valence-corrected chi connectivity index (χ0v) is 10.7. The molecule has 1 aromatic carbocycles. The number of hydrogen-bond acceptors (Lipinski definition) is 3. The molecule has 1 saturated carbocycles. The molecular formula is C13H11BrO3. The highest BCUT2D eigenvalue weighted by molar-refractivity contribution is 9.09. The Bertz CT molecular complexity index is 517. The van der Waals surface area contributed by atoms with Crippen molar-refractivity contribution in [3.8, 4) is 5.75 Å². The molecule has 1 aliphatic carbocycles. The minimum absolute atomic E-state index is 0.0261. The van der Waals surface area contributed by atoms with Gasteiger partial charge in [-0.1, -0.05) is 28.1 Å². The highest BCUT2D eigenvalue weighted by atomic mass is 79.9. The summed E-state index contributed by atoms with van der Waals surface area (Å²) in [7, 11) is 0. The van der Waals surface area contributed by atoms with Gasteiger partial charge in [-0.25, -0.2) is 0 Å². The summed E-state index contributed by atoms with van der Waals surface area (Å²) >= 11 is 3.15. The van der Waals surface area contributed by atoms with Crippen LogP contribution in [0.2, 0.25) is 0 Å². The molecule has 2 aliphatic rings. The van der Waals surface area contributed by atoms with E-state index in [-0.39, 0.29) is 11.6 Å². The summed E-state index contributed by atoms with van der Waals surface area (Å²) in [5, 5.41) is 0.301. The van der Waals surface area contributed by atoms with E-state index in [0.717, 1.165) is 18.4 Å². The maximum absolute atomic E-state index is 11.8. The molecule has 0 aromatic heterocycles. The molecule has 0 bridgehead atoms. The summed E-state index contributed by atoms with van der Waals surface area (Å²) in [5.74, 6) is 0.900. The molecule has 88 valence electrons. The lowest BCUT2D eigenvalue weighted by atomic mass is 9.97. The first kappa shape index (κ1) is 11.0. The number of benzene rings is 1. The number of hydrogen-bond donors (Lipinski definition) is 0. The minimum atomic E-state index is -0.553. The summed E-state index contributed by atoms with van der Waals surface area (Å²) in [6.07, 6.45) is 2.04. The molecule has 1 fully saturated rings. The number of fused-ring (bicyclic) bond motifs is 1. The van der Waals surface area contributed by atoms with Crippen LogP contribution >= 0.6 is 15.9 Å². The fourth-order valence-corrected chi connectivity index (χ4v) is 2.47. The largest absolute Gasteiger partial charge is 0.479 e. The molecular weight excluding hydrogens is 284 g/mol. The van der Waals surface area contributed by atoms with Crippen LogP contribution in [0.25, 0.3) is 0 Å². The molecule has 0 radical (unpaired) electrons. The van der Waals surface area contributed by atoms with E-state index in [1.807, 2.05) is 6.07 Å². The van der Waals surface area contributed by atoms with Crippen molar-refractivity contribution in [1.29, 1.82) is 0 Å². The molecule has 1 heterocycles. The van der Waals surface area contributed by atoms with Crippen LogP contribution in [-0.4, -0.2) is 22.5 Å². The van der Waals surface area contributed by atoms with Gasteiger partial charge in [0, 0.05) is 17.5 Å². The summed E-state index contributed by atoms with van der Waals surface area (Å²) in [5.41, 5.74) is 0.965. The number of ketones is 2. The van der Waals surface area contributed by atoms with Gasteiger partial charge in [-0.3, -0.25) is 9.59 Å². The van der Waals surface area contributed by atoms with Crippen molar-refractivity contribution >= 4 is 27.5 Å². The number of carbonyl (C=O) groups excluding carboxylic acids is 2. The van der Waals surface area contributed by atoms with Gasteiger partial charge in [0.1, 0.15) is 5.75 Å². The maximum atomic E-state index is 11.8. The van der Waals surface area contributed by atoms with Gasteiger partial charge in [0.2, 0.25) is 0 Å². The van der Waals surface area contributed by atoms with Crippen LogP contribution in [-0.2, 0) is 11.2 Å². The molecule has 0 unspecified atom stereocenters. The number of carbonyl (C=O) groups is 2. The molecule has 0 saturated heterocycles.